The molecule has 0 bridgehead atoms. The minimum Gasteiger partial charge on any atom is -0.394 e. The molecular weight excluding hydrogens is 170 g/mol. The summed E-state index contributed by atoms with van der Waals surface area (Å²) < 4.78 is 5.15. The number of hydrogen-bond donors (Lipinski definition) is 2. The molecule has 0 aliphatic carbocycles. The number of aliphatic hydroxyl groups is 2. The quantitative estimate of drug-likeness (QED) is 0.570. The number of rotatable bonds is 5. The molecule has 1 saturated heterocycles. The van der Waals surface area contributed by atoms with Crippen molar-refractivity contribution in [3.05, 3.63) is 0 Å². The van der Waals surface area contributed by atoms with Gasteiger partial charge in [-0.25, -0.2) is 0 Å². The molecule has 78 valence electrons. The molecular formula is C9H19NO3. The van der Waals surface area contributed by atoms with Crippen molar-refractivity contribution < 1.29 is 14.9 Å². The van der Waals surface area contributed by atoms with Crippen LogP contribution in [0.3, 0.4) is 0 Å². The molecule has 0 saturated carbocycles. The van der Waals surface area contributed by atoms with Gasteiger partial charge >= 0.3 is 0 Å². The highest BCUT2D eigenvalue weighted by Crippen LogP contribution is 2.08. The average molecular weight is 189 g/mol. The zero-order chi connectivity index (χ0) is 9.52. The van der Waals surface area contributed by atoms with E-state index < -0.39 is 0 Å². The summed E-state index contributed by atoms with van der Waals surface area (Å²) in [6.07, 6.45) is 1.83. The zero-order valence-corrected chi connectivity index (χ0v) is 7.98. The van der Waals surface area contributed by atoms with Crippen LogP contribution in [0.1, 0.15) is 12.8 Å². The molecule has 1 atom stereocenters. The molecule has 0 spiro atoms. The Balaban J connectivity index is 2.00. The lowest BCUT2D eigenvalue weighted by Gasteiger charge is -2.29. The van der Waals surface area contributed by atoms with Crippen LogP contribution in [0.2, 0.25) is 0 Å². The summed E-state index contributed by atoms with van der Waals surface area (Å²) in [7, 11) is 0. The highest BCUT2D eigenvalue weighted by Gasteiger charge is 2.16. The summed E-state index contributed by atoms with van der Waals surface area (Å²) in [5.74, 6) is 0. The molecule has 1 aliphatic rings. The van der Waals surface area contributed by atoms with Crippen molar-refractivity contribution in [3.8, 4) is 0 Å². The monoisotopic (exact) mass is 189 g/mol. The minimum atomic E-state index is -0.161. The molecule has 0 aromatic heterocycles. The zero-order valence-electron chi connectivity index (χ0n) is 7.98. The van der Waals surface area contributed by atoms with Gasteiger partial charge in [-0.15, -0.1) is 0 Å². The third kappa shape index (κ3) is 4.57. The Hall–Kier alpha value is -0.160. The van der Waals surface area contributed by atoms with Crippen LogP contribution in [0.4, 0.5) is 0 Å². The molecule has 0 aromatic rings. The van der Waals surface area contributed by atoms with Crippen molar-refractivity contribution in [2.24, 2.45) is 0 Å². The Bertz CT molecular complexity index is 132. The standard InChI is InChI=1S/C9H19NO3/c11-5-7-13-6-4-10-3-1-2-9(12)8-10/h9,11-12H,1-8H2. The van der Waals surface area contributed by atoms with Gasteiger partial charge in [0.15, 0.2) is 0 Å². The van der Waals surface area contributed by atoms with Crippen LogP contribution >= 0.6 is 0 Å². The average Bonchev–Trinajstić information content (AvgIpc) is 2.13. The first-order chi connectivity index (χ1) is 6.33. The largest absolute Gasteiger partial charge is 0.394 e. The van der Waals surface area contributed by atoms with E-state index in [2.05, 4.69) is 4.90 Å². The number of nitrogens with zero attached hydrogens (tertiary/aromatic N) is 1. The number of β-amino-alcohol motifs (C(OH)–C–C–N with tert-alkyl or cyclic N) is 1. The second kappa shape index (κ2) is 6.32. The number of aliphatic hydroxyl groups excluding tert-OH is 2. The maximum absolute atomic E-state index is 9.36. The van der Waals surface area contributed by atoms with Crippen LogP contribution in [0.15, 0.2) is 0 Å². The summed E-state index contributed by atoms with van der Waals surface area (Å²) in [5.41, 5.74) is 0. The third-order valence-electron chi connectivity index (χ3n) is 2.27. The van der Waals surface area contributed by atoms with Crippen molar-refractivity contribution in [2.45, 2.75) is 18.9 Å². The molecule has 4 heteroatoms. The summed E-state index contributed by atoms with van der Waals surface area (Å²) in [5, 5.41) is 17.8. The van der Waals surface area contributed by atoms with Gasteiger partial charge in [-0.3, -0.25) is 4.90 Å². The van der Waals surface area contributed by atoms with Gasteiger partial charge in [-0.1, -0.05) is 0 Å². The van der Waals surface area contributed by atoms with Crippen molar-refractivity contribution >= 4 is 0 Å². The smallest absolute Gasteiger partial charge is 0.0698 e. The summed E-state index contributed by atoms with van der Waals surface area (Å²) in [4.78, 5) is 2.20. The summed E-state index contributed by atoms with van der Waals surface area (Å²) >= 11 is 0. The number of hydrogen-bond acceptors (Lipinski definition) is 4. The van der Waals surface area contributed by atoms with E-state index in [1.165, 1.54) is 0 Å². The highest BCUT2D eigenvalue weighted by molar-refractivity contribution is 4.71. The first-order valence-corrected chi connectivity index (χ1v) is 4.92. The van der Waals surface area contributed by atoms with Gasteiger partial charge in [0.25, 0.3) is 0 Å². The summed E-state index contributed by atoms with van der Waals surface area (Å²) in [6.45, 7) is 3.82. The van der Waals surface area contributed by atoms with Crippen LogP contribution < -0.4 is 0 Å². The fourth-order valence-corrected chi connectivity index (χ4v) is 1.59. The molecule has 1 fully saturated rings. The molecule has 1 heterocycles. The molecule has 0 aromatic carbocycles. The number of ether oxygens (including phenoxy) is 1. The van der Waals surface area contributed by atoms with E-state index in [0.29, 0.717) is 13.2 Å². The van der Waals surface area contributed by atoms with Gasteiger partial charge in [0.05, 0.1) is 25.9 Å². The van der Waals surface area contributed by atoms with E-state index >= 15 is 0 Å². The SMILES string of the molecule is OCCOCCN1CCCC(O)C1. The maximum atomic E-state index is 9.36. The van der Waals surface area contributed by atoms with E-state index in [-0.39, 0.29) is 12.7 Å². The minimum absolute atomic E-state index is 0.0859. The van der Waals surface area contributed by atoms with Crippen molar-refractivity contribution in [2.75, 3.05) is 39.5 Å². The predicted molar refractivity (Wildman–Crippen MR) is 49.6 cm³/mol. The van der Waals surface area contributed by atoms with Crippen LogP contribution in [0.25, 0.3) is 0 Å². The Labute approximate surface area is 79.1 Å². The Kier molecular flexibility index (Phi) is 5.31. The molecule has 1 rings (SSSR count). The Morgan fingerprint density at radius 1 is 1.38 bits per heavy atom. The van der Waals surface area contributed by atoms with Gasteiger partial charge in [-0.2, -0.15) is 0 Å². The van der Waals surface area contributed by atoms with E-state index in [0.717, 1.165) is 32.5 Å². The fraction of sp³-hybridized carbons (Fsp3) is 1.00. The van der Waals surface area contributed by atoms with Gasteiger partial charge < -0.3 is 14.9 Å². The Morgan fingerprint density at radius 2 is 2.23 bits per heavy atom. The lowest BCUT2D eigenvalue weighted by atomic mass is 10.1. The highest BCUT2D eigenvalue weighted by atomic mass is 16.5. The molecule has 0 radical (unpaired) electrons. The predicted octanol–water partition coefficient (Wildman–Crippen LogP) is -0.548. The number of piperidine rings is 1. The second-order valence-corrected chi connectivity index (χ2v) is 3.43. The first-order valence-electron chi connectivity index (χ1n) is 4.92. The lowest BCUT2D eigenvalue weighted by Crippen LogP contribution is -2.40. The molecule has 1 aliphatic heterocycles. The molecule has 1 unspecified atom stereocenters. The van der Waals surface area contributed by atoms with Crippen LogP contribution in [-0.4, -0.2) is 60.7 Å². The maximum Gasteiger partial charge on any atom is 0.0698 e. The van der Waals surface area contributed by atoms with Crippen molar-refractivity contribution in [3.63, 3.8) is 0 Å². The lowest BCUT2D eigenvalue weighted by molar-refractivity contribution is 0.0366. The molecule has 13 heavy (non-hydrogen) atoms. The van der Waals surface area contributed by atoms with Crippen molar-refractivity contribution in [1.29, 1.82) is 0 Å². The van der Waals surface area contributed by atoms with Crippen LogP contribution in [-0.2, 0) is 4.74 Å². The van der Waals surface area contributed by atoms with Gasteiger partial charge in [0, 0.05) is 13.1 Å². The van der Waals surface area contributed by atoms with Crippen molar-refractivity contribution in [1.82, 2.24) is 4.90 Å². The molecule has 0 amide bonds. The Morgan fingerprint density at radius 3 is 2.92 bits per heavy atom. The van der Waals surface area contributed by atoms with Crippen LogP contribution in [0.5, 0.6) is 0 Å². The summed E-state index contributed by atoms with van der Waals surface area (Å²) in [6, 6.07) is 0. The first kappa shape index (κ1) is 10.9. The normalized spacial score (nSPS) is 24.9. The van der Waals surface area contributed by atoms with Gasteiger partial charge in [0.2, 0.25) is 0 Å². The van der Waals surface area contributed by atoms with Crippen LogP contribution in [0, 0.1) is 0 Å². The van der Waals surface area contributed by atoms with E-state index in [4.69, 9.17) is 9.84 Å². The van der Waals surface area contributed by atoms with Gasteiger partial charge in [0.1, 0.15) is 0 Å². The third-order valence-corrected chi connectivity index (χ3v) is 2.27. The number of likely N-dealkylation sites (tertiary alicyclic amines) is 1. The molecule has 4 nitrogen and oxygen atoms in total. The van der Waals surface area contributed by atoms with E-state index in [1.807, 2.05) is 0 Å². The van der Waals surface area contributed by atoms with E-state index in [9.17, 15) is 5.11 Å². The molecule has 2 N–H and O–H groups in total. The fourth-order valence-electron chi connectivity index (χ4n) is 1.59. The van der Waals surface area contributed by atoms with E-state index in [1.54, 1.807) is 0 Å². The van der Waals surface area contributed by atoms with Gasteiger partial charge in [-0.05, 0) is 19.4 Å². The second-order valence-electron chi connectivity index (χ2n) is 3.43. The topological polar surface area (TPSA) is 52.9 Å².